The van der Waals surface area contributed by atoms with Crippen LogP contribution in [-0.4, -0.2) is 23.0 Å². The first kappa shape index (κ1) is 15.5. The SMILES string of the molecule is CC[C@H](C)[C@H](NC(=O)Cc1ccc2c(c1)CCC2)C(=O)O. The zero-order valence-electron chi connectivity index (χ0n) is 12.7. The van der Waals surface area contributed by atoms with Gasteiger partial charge in [-0.1, -0.05) is 38.5 Å². The standard InChI is InChI=1S/C17H23NO3/c1-3-11(2)16(17(20)21)18-15(19)10-12-7-8-13-5-4-6-14(13)9-12/h7-9,11,16H,3-6,10H2,1-2H3,(H,18,19)(H,20,21)/t11-,16-/m0/s1. The number of carboxylic acid groups (broad SMARTS) is 1. The van der Waals surface area contributed by atoms with Crippen molar-refractivity contribution in [1.82, 2.24) is 5.32 Å². The van der Waals surface area contributed by atoms with Gasteiger partial charge in [-0.2, -0.15) is 0 Å². The molecule has 2 N–H and O–H groups in total. The van der Waals surface area contributed by atoms with Gasteiger partial charge in [0, 0.05) is 0 Å². The normalized spacial score (nSPS) is 16.1. The number of hydrogen-bond acceptors (Lipinski definition) is 2. The van der Waals surface area contributed by atoms with Gasteiger partial charge in [-0.25, -0.2) is 4.79 Å². The maximum absolute atomic E-state index is 12.1. The number of rotatable bonds is 6. The summed E-state index contributed by atoms with van der Waals surface area (Å²) in [5.41, 5.74) is 3.67. The average Bonchev–Trinajstić information content (AvgIpc) is 2.91. The summed E-state index contributed by atoms with van der Waals surface area (Å²) in [5, 5.41) is 11.8. The van der Waals surface area contributed by atoms with E-state index in [4.69, 9.17) is 0 Å². The first-order valence-electron chi connectivity index (χ1n) is 7.64. The molecule has 0 aliphatic heterocycles. The smallest absolute Gasteiger partial charge is 0.326 e. The van der Waals surface area contributed by atoms with Gasteiger partial charge in [0.05, 0.1) is 6.42 Å². The number of benzene rings is 1. The van der Waals surface area contributed by atoms with E-state index in [1.165, 1.54) is 17.5 Å². The van der Waals surface area contributed by atoms with Crippen LogP contribution in [0.25, 0.3) is 0 Å². The van der Waals surface area contributed by atoms with Crippen molar-refractivity contribution >= 4 is 11.9 Å². The van der Waals surface area contributed by atoms with Crippen molar-refractivity contribution in [3.63, 3.8) is 0 Å². The summed E-state index contributed by atoms with van der Waals surface area (Å²) in [5.74, 6) is -1.27. The van der Waals surface area contributed by atoms with Gasteiger partial charge in [-0.3, -0.25) is 4.79 Å². The number of hydrogen-bond donors (Lipinski definition) is 2. The highest BCUT2D eigenvalue weighted by Gasteiger charge is 2.25. The second-order valence-electron chi connectivity index (χ2n) is 5.90. The maximum atomic E-state index is 12.1. The van der Waals surface area contributed by atoms with Crippen LogP contribution in [0.1, 0.15) is 43.4 Å². The molecule has 0 aromatic heterocycles. The summed E-state index contributed by atoms with van der Waals surface area (Å²) in [6.07, 6.45) is 4.34. The predicted octanol–water partition coefficient (Wildman–Crippen LogP) is 2.33. The molecule has 0 heterocycles. The van der Waals surface area contributed by atoms with Crippen molar-refractivity contribution in [2.75, 3.05) is 0 Å². The lowest BCUT2D eigenvalue weighted by atomic mass is 9.98. The van der Waals surface area contributed by atoms with E-state index in [1.54, 1.807) is 0 Å². The summed E-state index contributed by atoms with van der Waals surface area (Å²) in [4.78, 5) is 23.3. The second-order valence-corrected chi connectivity index (χ2v) is 5.90. The summed E-state index contributed by atoms with van der Waals surface area (Å²) < 4.78 is 0. The van der Waals surface area contributed by atoms with E-state index in [0.717, 1.165) is 24.8 Å². The Kier molecular flexibility index (Phi) is 4.99. The number of nitrogens with one attached hydrogen (secondary N) is 1. The highest BCUT2D eigenvalue weighted by atomic mass is 16.4. The fraction of sp³-hybridized carbons (Fsp3) is 0.529. The Morgan fingerprint density at radius 3 is 2.67 bits per heavy atom. The molecule has 0 saturated heterocycles. The third kappa shape index (κ3) is 3.84. The van der Waals surface area contributed by atoms with Crippen LogP contribution in [0, 0.1) is 5.92 Å². The third-order valence-corrected chi connectivity index (χ3v) is 4.32. The molecule has 0 saturated carbocycles. The molecule has 4 nitrogen and oxygen atoms in total. The van der Waals surface area contributed by atoms with E-state index in [9.17, 15) is 14.7 Å². The number of carbonyl (C=O) groups is 2. The van der Waals surface area contributed by atoms with Gasteiger partial charge < -0.3 is 10.4 Å². The number of carbonyl (C=O) groups excluding carboxylic acids is 1. The van der Waals surface area contributed by atoms with E-state index in [0.29, 0.717) is 0 Å². The van der Waals surface area contributed by atoms with E-state index < -0.39 is 12.0 Å². The summed E-state index contributed by atoms with van der Waals surface area (Å²) in [6.45, 7) is 3.77. The van der Waals surface area contributed by atoms with Gasteiger partial charge in [0.25, 0.3) is 0 Å². The molecule has 0 fully saturated rings. The fourth-order valence-electron chi connectivity index (χ4n) is 2.83. The van der Waals surface area contributed by atoms with Gasteiger partial charge >= 0.3 is 5.97 Å². The summed E-state index contributed by atoms with van der Waals surface area (Å²) in [6, 6.07) is 5.34. The van der Waals surface area contributed by atoms with E-state index in [2.05, 4.69) is 17.4 Å². The minimum atomic E-state index is -0.966. The van der Waals surface area contributed by atoms with Crippen molar-refractivity contribution in [3.05, 3.63) is 34.9 Å². The minimum absolute atomic E-state index is 0.0773. The first-order chi connectivity index (χ1) is 10.0. The lowest BCUT2D eigenvalue weighted by Crippen LogP contribution is -2.45. The van der Waals surface area contributed by atoms with Crippen LogP contribution in [0.4, 0.5) is 0 Å². The molecule has 0 unspecified atom stereocenters. The molecule has 21 heavy (non-hydrogen) atoms. The molecule has 4 heteroatoms. The number of carboxylic acids is 1. The molecule has 114 valence electrons. The Morgan fingerprint density at radius 2 is 2.00 bits per heavy atom. The highest BCUT2D eigenvalue weighted by molar-refractivity contribution is 5.85. The zero-order chi connectivity index (χ0) is 15.4. The van der Waals surface area contributed by atoms with Crippen LogP contribution < -0.4 is 5.32 Å². The van der Waals surface area contributed by atoms with E-state index in [-0.39, 0.29) is 18.2 Å². The van der Waals surface area contributed by atoms with Crippen LogP contribution >= 0.6 is 0 Å². The number of amides is 1. The molecule has 1 amide bonds. The first-order valence-corrected chi connectivity index (χ1v) is 7.64. The van der Waals surface area contributed by atoms with Crippen molar-refractivity contribution in [3.8, 4) is 0 Å². The largest absolute Gasteiger partial charge is 0.480 e. The molecule has 2 atom stereocenters. The number of aryl methyl sites for hydroxylation is 2. The van der Waals surface area contributed by atoms with Gasteiger partial charge in [0.15, 0.2) is 0 Å². The van der Waals surface area contributed by atoms with E-state index in [1.807, 2.05) is 19.9 Å². The summed E-state index contributed by atoms with van der Waals surface area (Å²) >= 11 is 0. The molecule has 1 aliphatic carbocycles. The minimum Gasteiger partial charge on any atom is -0.480 e. The average molecular weight is 289 g/mol. The molecular weight excluding hydrogens is 266 g/mol. The zero-order valence-corrected chi connectivity index (χ0v) is 12.7. The Morgan fingerprint density at radius 1 is 1.29 bits per heavy atom. The number of aliphatic carboxylic acids is 1. The lowest BCUT2D eigenvalue weighted by molar-refractivity contribution is -0.143. The van der Waals surface area contributed by atoms with Gasteiger partial charge in [0.1, 0.15) is 6.04 Å². The Labute approximate surface area is 125 Å². The fourth-order valence-corrected chi connectivity index (χ4v) is 2.83. The van der Waals surface area contributed by atoms with Crippen LogP contribution in [0.15, 0.2) is 18.2 Å². The lowest BCUT2D eigenvalue weighted by Gasteiger charge is -2.20. The highest BCUT2D eigenvalue weighted by Crippen LogP contribution is 2.23. The third-order valence-electron chi connectivity index (χ3n) is 4.32. The van der Waals surface area contributed by atoms with Crippen LogP contribution in [0.5, 0.6) is 0 Å². The second kappa shape index (κ2) is 6.74. The molecule has 2 rings (SSSR count). The molecule has 0 bridgehead atoms. The van der Waals surface area contributed by atoms with Crippen LogP contribution in [0.2, 0.25) is 0 Å². The molecular formula is C17H23NO3. The monoisotopic (exact) mass is 289 g/mol. The van der Waals surface area contributed by atoms with Gasteiger partial charge in [-0.15, -0.1) is 0 Å². The van der Waals surface area contributed by atoms with Gasteiger partial charge in [-0.05, 0) is 41.9 Å². The van der Waals surface area contributed by atoms with Crippen LogP contribution in [0.3, 0.4) is 0 Å². The van der Waals surface area contributed by atoms with Crippen LogP contribution in [-0.2, 0) is 28.9 Å². The molecule has 0 spiro atoms. The molecule has 0 radical (unpaired) electrons. The Balaban J connectivity index is 1.99. The van der Waals surface area contributed by atoms with Gasteiger partial charge in [0.2, 0.25) is 5.91 Å². The molecule has 1 aromatic rings. The van der Waals surface area contributed by atoms with E-state index >= 15 is 0 Å². The Bertz CT molecular complexity index is 539. The quantitative estimate of drug-likeness (QED) is 0.844. The van der Waals surface area contributed by atoms with Crippen molar-refractivity contribution < 1.29 is 14.7 Å². The summed E-state index contributed by atoms with van der Waals surface area (Å²) in [7, 11) is 0. The predicted molar refractivity (Wildman–Crippen MR) is 81.2 cm³/mol. The van der Waals surface area contributed by atoms with Crippen molar-refractivity contribution in [1.29, 1.82) is 0 Å². The maximum Gasteiger partial charge on any atom is 0.326 e. The Hall–Kier alpha value is -1.84. The molecule has 1 aromatic carbocycles. The molecule has 1 aliphatic rings. The topological polar surface area (TPSA) is 66.4 Å². The van der Waals surface area contributed by atoms with Crippen molar-refractivity contribution in [2.24, 2.45) is 5.92 Å². The number of fused-ring (bicyclic) bond motifs is 1. The van der Waals surface area contributed by atoms with Crippen molar-refractivity contribution in [2.45, 2.75) is 52.0 Å².